The number of rotatable bonds is 2. The van der Waals surface area contributed by atoms with Crippen molar-refractivity contribution in [2.24, 2.45) is 0 Å². The van der Waals surface area contributed by atoms with E-state index in [0.717, 1.165) is 0 Å². The molecule has 0 radical (unpaired) electrons. The zero-order valence-electron chi connectivity index (χ0n) is 6.82. The molecular formula is C9H9NO3. The van der Waals surface area contributed by atoms with Gasteiger partial charge in [-0.15, -0.1) is 0 Å². The van der Waals surface area contributed by atoms with E-state index in [2.05, 4.69) is 6.58 Å². The molecule has 0 aliphatic carbocycles. The number of hydrogen-bond donors (Lipinski definition) is 3. The molecule has 13 heavy (non-hydrogen) atoms. The summed E-state index contributed by atoms with van der Waals surface area (Å²) in [5.74, 6) is -0.932. The highest BCUT2D eigenvalue weighted by Crippen LogP contribution is 2.18. The van der Waals surface area contributed by atoms with Gasteiger partial charge in [-0.2, -0.15) is 0 Å². The maximum absolute atomic E-state index is 10.9. The lowest BCUT2D eigenvalue weighted by Gasteiger charge is -2.02. The Kier molecular flexibility index (Phi) is 2.66. The van der Waals surface area contributed by atoms with Gasteiger partial charge in [-0.25, -0.2) is 5.48 Å². The Morgan fingerprint density at radius 3 is 2.77 bits per heavy atom. The Morgan fingerprint density at radius 1 is 1.54 bits per heavy atom. The van der Waals surface area contributed by atoms with Gasteiger partial charge in [0.05, 0.1) is 5.56 Å². The molecule has 1 aromatic carbocycles. The van der Waals surface area contributed by atoms with Crippen molar-refractivity contribution in [2.45, 2.75) is 0 Å². The molecule has 0 fully saturated rings. The van der Waals surface area contributed by atoms with Crippen LogP contribution < -0.4 is 5.48 Å². The van der Waals surface area contributed by atoms with Crippen LogP contribution in [0.1, 0.15) is 15.9 Å². The minimum absolute atomic E-state index is 0.0138. The third-order valence-corrected chi connectivity index (χ3v) is 1.60. The standard InChI is InChI=1S/C9H9NO3/c1-2-6-3-4-8(11)7(5-6)9(12)10-13/h2-5,11,13H,1H2,(H,10,12). The van der Waals surface area contributed by atoms with Crippen LogP contribution in [0.5, 0.6) is 5.75 Å². The van der Waals surface area contributed by atoms with E-state index in [-0.39, 0.29) is 11.3 Å². The van der Waals surface area contributed by atoms with Crippen LogP contribution in [0, 0.1) is 0 Å². The molecule has 0 aromatic heterocycles. The smallest absolute Gasteiger partial charge is 0.278 e. The normalized spacial score (nSPS) is 9.31. The Labute approximate surface area is 75.1 Å². The molecule has 68 valence electrons. The van der Waals surface area contributed by atoms with Crippen molar-refractivity contribution in [3.63, 3.8) is 0 Å². The summed E-state index contributed by atoms with van der Waals surface area (Å²) >= 11 is 0. The molecule has 0 spiro atoms. The lowest BCUT2D eigenvalue weighted by Crippen LogP contribution is -2.18. The SMILES string of the molecule is C=Cc1ccc(O)c(C(=O)NO)c1. The van der Waals surface area contributed by atoms with E-state index in [1.807, 2.05) is 0 Å². The van der Waals surface area contributed by atoms with Crippen molar-refractivity contribution >= 4 is 12.0 Å². The molecule has 0 saturated heterocycles. The van der Waals surface area contributed by atoms with Gasteiger partial charge in [0, 0.05) is 0 Å². The van der Waals surface area contributed by atoms with Crippen molar-refractivity contribution in [3.05, 3.63) is 35.9 Å². The largest absolute Gasteiger partial charge is 0.507 e. The number of hydroxylamine groups is 1. The lowest BCUT2D eigenvalue weighted by atomic mass is 10.1. The van der Waals surface area contributed by atoms with E-state index < -0.39 is 5.91 Å². The number of benzene rings is 1. The summed E-state index contributed by atoms with van der Waals surface area (Å²) in [7, 11) is 0. The summed E-state index contributed by atoms with van der Waals surface area (Å²) in [5.41, 5.74) is 2.15. The highest BCUT2D eigenvalue weighted by Gasteiger charge is 2.09. The number of hydrogen-bond acceptors (Lipinski definition) is 3. The van der Waals surface area contributed by atoms with Crippen LogP contribution in [-0.4, -0.2) is 16.2 Å². The van der Waals surface area contributed by atoms with Gasteiger partial charge >= 0.3 is 0 Å². The van der Waals surface area contributed by atoms with Gasteiger partial charge in [-0.1, -0.05) is 18.7 Å². The van der Waals surface area contributed by atoms with Gasteiger partial charge in [-0.3, -0.25) is 10.0 Å². The van der Waals surface area contributed by atoms with E-state index >= 15 is 0 Å². The third-order valence-electron chi connectivity index (χ3n) is 1.60. The minimum atomic E-state index is -0.749. The maximum Gasteiger partial charge on any atom is 0.278 e. The first-order chi connectivity index (χ1) is 6.19. The summed E-state index contributed by atoms with van der Waals surface area (Å²) in [6, 6.07) is 4.39. The second-order valence-electron chi connectivity index (χ2n) is 2.42. The quantitative estimate of drug-likeness (QED) is 0.471. The van der Waals surface area contributed by atoms with Gasteiger partial charge in [0.1, 0.15) is 5.75 Å². The number of carbonyl (C=O) groups excluding carboxylic acids is 1. The summed E-state index contributed by atoms with van der Waals surface area (Å²) < 4.78 is 0. The van der Waals surface area contributed by atoms with Crippen LogP contribution in [-0.2, 0) is 0 Å². The predicted octanol–water partition coefficient (Wildman–Crippen LogP) is 1.15. The number of nitrogens with one attached hydrogen (secondary N) is 1. The summed E-state index contributed by atoms with van der Waals surface area (Å²) in [4.78, 5) is 10.9. The van der Waals surface area contributed by atoms with Crippen LogP contribution in [0.25, 0.3) is 6.08 Å². The van der Waals surface area contributed by atoms with Crippen molar-refractivity contribution in [1.29, 1.82) is 0 Å². The summed E-state index contributed by atoms with van der Waals surface area (Å²) in [6.07, 6.45) is 1.54. The van der Waals surface area contributed by atoms with E-state index in [9.17, 15) is 9.90 Å². The van der Waals surface area contributed by atoms with E-state index in [1.54, 1.807) is 6.07 Å². The second-order valence-corrected chi connectivity index (χ2v) is 2.42. The van der Waals surface area contributed by atoms with Crippen LogP contribution in [0.4, 0.5) is 0 Å². The van der Waals surface area contributed by atoms with Gasteiger partial charge < -0.3 is 5.11 Å². The monoisotopic (exact) mass is 179 g/mol. The van der Waals surface area contributed by atoms with Gasteiger partial charge in [0.15, 0.2) is 0 Å². The van der Waals surface area contributed by atoms with Gasteiger partial charge in [0.25, 0.3) is 5.91 Å². The lowest BCUT2D eigenvalue weighted by molar-refractivity contribution is 0.0703. The molecule has 0 heterocycles. The summed E-state index contributed by atoms with van der Waals surface area (Å²) in [6.45, 7) is 3.51. The van der Waals surface area contributed by atoms with Gasteiger partial charge in [-0.05, 0) is 17.7 Å². The molecule has 3 N–H and O–H groups in total. The average molecular weight is 179 g/mol. The maximum atomic E-state index is 10.9. The molecule has 0 unspecified atom stereocenters. The molecule has 1 aromatic rings. The molecule has 4 heteroatoms. The fourth-order valence-corrected chi connectivity index (χ4v) is 0.923. The highest BCUT2D eigenvalue weighted by atomic mass is 16.5. The fourth-order valence-electron chi connectivity index (χ4n) is 0.923. The van der Waals surface area contributed by atoms with Crippen LogP contribution in [0.15, 0.2) is 24.8 Å². The third kappa shape index (κ3) is 1.86. The Hall–Kier alpha value is -1.81. The number of aromatic hydroxyl groups is 1. The van der Waals surface area contributed by atoms with E-state index in [0.29, 0.717) is 5.56 Å². The Morgan fingerprint density at radius 2 is 2.23 bits per heavy atom. The summed E-state index contributed by atoms with van der Waals surface area (Å²) in [5, 5.41) is 17.6. The first kappa shape index (κ1) is 9.28. The first-order valence-electron chi connectivity index (χ1n) is 3.59. The minimum Gasteiger partial charge on any atom is -0.507 e. The predicted molar refractivity (Wildman–Crippen MR) is 47.5 cm³/mol. The zero-order valence-corrected chi connectivity index (χ0v) is 6.82. The number of amides is 1. The molecule has 0 aliphatic rings. The van der Waals surface area contributed by atoms with Gasteiger partial charge in [0.2, 0.25) is 0 Å². The van der Waals surface area contributed by atoms with Crippen LogP contribution in [0.2, 0.25) is 0 Å². The molecule has 0 atom stereocenters. The Bertz CT molecular complexity index is 347. The molecule has 1 rings (SSSR count). The van der Waals surface area contributed by atoms with Crippen molar-refractivity contribution in [2.75, 3.05) is 0 Å². The molecular weight excluding hydrogens is 170 g/mol. The van der Waals surface area contributed by atoms with Crippen molar-refractivity contribution in [3.8, 4) is 5.75 Å². The molecule has 0 bridgehead atoms. The first-order valence-corrected chi connectivity index (χ1v) is 3.59. The van der Waals surface area contributed by atoms with E-state index in [4.69, 9.17) is 5.21 Å². The molecule has 0 aliphatic heterocycles. The second kappa shape index (κ2) is 3.73. The molecule has 1 amide bonds. The topological polar surface area (TPSA) is 69.6 Å². The zero-order chi connectivity index (χ0) is 9.84. The number of phenolic OH excluding ortho intramolecular Hbond substituents is 1. The van der Waals surface area contributed by atoms with Crippen molar-refractivity contribution in [1.82, 2.24) is 5.48 Å². The van der Waals surface area contributed by atoms with Crippen molar-refractivity contribution < 1.29 is 15.1 Å². The van der Waals surface area contributed by atoms with E-state index in [1.165, 1.54) is 23.7 Å². The van der Waals surface area contributed by atoms with Crippen LogP contribution in [0.3, 0.4) is 0 Å². The Balaban J connectivity index is 3.18. The number of phenols is 1. The highest BCUT2D eigenvalue weighted by molar-refractivity contribution is 5.96. The fraction of sp³-hybridized carbons (Fsp3) is 0. The van der Waals surface area contributed by atoms with Crippen LogP contribution >= 0.6 is 0 Å². The average Bonchev–Trinajstić information content (AvgIpc) is 2.17. The molecule has 4 nitrogen and oxygen atoms in total. The number of carbonyl (C=O) groups is 1. The molecule has 0 saturated carbocycles.